The minimum Gasteiger partial charge on any atom is -0.260 e. The second-order valence-corrected chi connectivity index (χ2v) is 3.68. The van der Waals surface area contributed by atoms with Gasteiger partial charge in [-0.05, 0) is 13.8 Å². The lowest BCUT2D eigenvalue weighted by molar-refractivity contribution is 1.06. The van der Waals surface area contributed by atoms with E-state index >= 15 is 0 Å². The average Bonchev–Trinajstić information content (AvgIpc) is 2.05. The molecule has 0 spiro atoms. The van der Waals surface area contributed by atoms with Crippen molar-refractivity contribution in [3.63, 3.8) is 0 Å². The van der Waals surface area contributed by atoms with Crippen LogP contribution in [0.5, 0.6) is 0 Å². The number of allylic oxidation sites excluding steroid dienone is 1. The molecule has 0 aliphatic rings. The fourth-order valence-electron chi connectivity index (χ4n) is 0.654. The van der Waals surface area contributed by atoms with Gasteiger partial charge in [0.15, 0.2) is 0 Å². The molecule has 12 heavy (non-hydrogen) atoms. The summed E-state index contributed by atoms with van der Waals surface area (Å²) in [4.78, 5) is 8.13. The molecule has 3 heteroatoms. The van der Waals surface area contributed by atoms with E-state index in [0.29, 0.717) is 0 Å². The van der Waals surface area contributed by atoms with Gasteiger partial charge >= 0.3 is 0 Å². The Morgan fingerprint density at radius 2 is 2.33 bits per heavy atom. The van der Waals surface area contributed by atoms with Crippen molar-refractivity contribution in [1.29, 1.82) is 0 Å². The number of hydrogen-bond acceptors (Lipinski definition) is 3. The zero-order chi connectivity index (χ0) is 8.81. The first-order valence-electron chi connectivity index (χ1n) is 3.81. The molecule has 2 nitrogen and oxygen atoms in total. The van der Waals surface area contributed by atoms with Gasteiger partial charge in [-0.1, -0.05) is 11.6 Å². The van der Waals surface area contributed by atoms with Crippen LogP contribution in [0.1, 0.15) is 13.8 Å². The standard InChI is InChI=1S/C9H12N2S/c1-8(2)3-6-12-9-7-10-4-5-11-9/h3-5,7H,6H2,1-2H3. The van der Waals surface area contributed by atoms with Gasteiger partial charge in [-0.15, -0.1) is 11.8 Å². The predicted octanol–water partition coefficient (Wildman–Crippen LogP) is 2.53. The van der Waals surface area contributed by atoms with Crippen LogP contribution < -0.4 is 0 Å². The van der Waals surface area contributed by atoms with E-state index in [1.807, 2.05) is 0 Å². The first kappa shape index (κ1) is 9.26. The lowest BCUT2D eigenvalue weighted by Gasteiger charge is -1.95. The van der Waals surface area contributed by atoms with Crippen LogP contribution in [0.2, 0.25) is 0 Å². The summed E-state index contributed by atoms with van der Waals surface area (Å²) in [6.07, 6.45) is 7.36. The van der Waals surface area contributed by atoms with Crippen molar-refractivity contribution in [2.45, 2.75) is 18.9 Å². The highest BCUT2D eigenvalue weighted by atomic mass is 32.2. The fourth-order valence-corrected chi connectivity index (χ4v) is 1.51. The molecule has 0 aliphatic heterocycles. The molecule has 0 saturated carbocycles. The van der Waals surface area contributed by atoms with Crippen LogP contribution in [-0.4, -0.2) is 15.7 Å². The van der Waals surface area contributed by atoms with Gasteiger partial charge in [0, 0.05) is 18.1 Å². The Kier molecular flexibility index (Phi) is 3.80. The molecule has 1 aromatic heterocycles. The topological polar surface area (TPSA) is 25.8 Å². The quantitative estimate of drug-likeness (QED) is 0.528. The van der Waals surface area contributed by atoms with Crippen molar-refractivity contribution in [1.82, 2.24) is 9.97 Å². The zero-order valence-electron chi connectivity index (χ0n) is 7.32. The third-order valence-electron chi connectivity index (χ3n) is 1.26. The van der Waals surface area contributed by atoms with Gasteiger partial charge in [0.1, 0.15) is 5.03 Å². The Bertz CT molecular complexity index is 252. The van der Waals surface area contributed by atoms with Crippen LogP contribution in [0, 0.1) is 0 Å². The highest BCUT2D eigenvalue weighted by molar-refractivity contribution is 7.99. The maximum atomic E-state index is 4.15. The first-order valence-corrected chi connectivity index (χ1v) is 4.80. The van der Waals surface area contributed by atoms with Gasteiger partial charge < -0.3 is 0 Å². The van der Waals surface area contributed by atoms with Crippen LogP contribution in [0.25, 0.3) is 0 Å². The van der Waals surface area contributed by atoms with Crippen molar-refractivity contribution in [3.8, 4) is 0 Å². The Labute approximate surface area is 77.1 Å². The SMILES string of the molecule is CC(C)=CCSc1cnccn1. The van der Waals surface area contributed by atoms with Crippen LogP contribution in [0.3, 0.4) is 0 Å². The second-order valence-electron chi connectivity index (χ2n) is 2.64. The molecular weight excluding hydrogens is 168 g/mol. The summed E-state index contributed by atoms with van der Waals surface area (Å²) in [5, 5.41) is 0.981. The third kappa shape index (κ3) is 3.53. The number of hydrogen-bond donors (Lipinski definition) is 0. The summed E-state index contributed by atoms with van der Waals surface area (Å²) < 4.78 is 0. The minimum atomic E-state index is 0.973. The lowest BCUT2D eigenvalue weighted by Crippen LogP contribution is -1.81. The summed E-state index contributed by atoms with van der Waals surface area (Å²) in [6, 6.07) is 0. The number of rotatable bonds is 3. The molecule has 64 valence electrons. The Balaban J connectivity index is 2.39. The summed E-state index contributed by atoms with van der Waals surface area (Å²) in [5.74, 6) is 0.973. The molecule has 1 rings (SSSR count). The zero-order valence-corrected chi connectivity index (χ0v) is 8.14. The van der Waals surface area contributed by atoms with E-state index in [0.717, 1.165) is 10.8 Å². The summed E-state index contributed by atoms with van der Waals surface area (Å²) in [6.45, 7) is 4.19. The highest BCUT2D eigenvalue weighted by Crippen LogP contribution is 2.13. The van der Waals surface area contributed by atoms with E-state index in [2.05, 4.69) is 29.9 Å². The Morgan fingerprint density at radius 3 is 2.92 bits per heavy atom. The smallest absolute Gasteiger partial charge is 0.115 e. The van der Waals surface area contributed by atoms with Crippen molar-refractivity contribution in [2.24, 2.45) is 0 Å². The molecule has 0 fully saturated rings. The Hall–Kier alpha value is -0.830. The van der Waals surface area contributed by atoms with E-state index in [9.17, 15) is 0 Å². The van der Waals surface area contributed by atoms with Gasteiger partial charge in [0.05, 0.1) is 6.20 Å². The Morgan fingerprint density at radius 1 is 1.50 bits per heavy atom. The predicted molar refractivity (Wildman–Crippen MR) is 52.2 cm³/mol. The minimum absolute atomic E-state index is 0.973. The molecule has 1 heterocycles. The molecule has 0 unspecified atom stereocenters. The highest BCUT2D eigenvalue weighted by Gasteiger charge is 1.90. The van der Waals surface area contributed by atoms with E-state index in [1.54, 1.807) is 30.4 Å². The number of nitrogens with zero attached hydrogens (tertiary/aromatic N) is 2. The summed E-state index contributed by atoms with van der Waals surface area (Å²) >= 11 is 1.70. The molecule has 0 saturated heterocycles. The maximum absolute atomic E-state index is 4.15. The van der Waals surface area contributed by atoms with E-state index < -0.39 is 0 Å². The van der Waals surface area contributed by atoms with Gasteiger partial charge in [0.25, 0.3) is 0 Å². The summed E-state index contributed by atoms with van der Waals surface area (Å²) in [7, 11) is 0. The van der Waals surface area contributed by atoms with Crippen molar-refractivity contribution in [3.05, 3.63) is 30.2 Å². The molecule has 0 amide bonds. The van der Waals surface area contributed by atoms with E-state index in [1.165, 1.54) is 5.57 Å². The molecule has 0 bridgehead atoms. The van der Waals surface area contributed by atoms with Crippen molar-refractivity contribution >= 4 is 11.8 Å². The van der Waals surface area contributed by atoms with Crippen molar-refractivity contribution < 1.29 is 0 Å². The van der Waals surface area contributed by atoms with Crippen molar-refractivity contribution in [2.75, 3.05) is 5.75 Å². The second kappa shape index (κ2) is 4.93. The van der Waals surface area contributed by atoms with Gasteiger partial charge in [-0.25, -0.2) is 4.98 Å². The number of aromatic nitrogens is 2. The van der Waals surface area contributed by atoms with E-state index in [4.69, 9.17) is 0 Å². The largest absolute Gasteiger partial charge is 0.260 e. The van der Waals surface area contributed by atoms with E-state index in [-0.39, 0.29) is 0 Å². The molecule has 0 aliphatic carbocycles. The van der Waals surface area contributed by atoms with Crippen LogP contribution in [-0.2, 0) is 0 Å². The van der Waals surface area contributed by atoms with Gasteiger partial charge in [0.2, 0.25) is 0 Å². The summed E-state index contributed by atoms with van der Waals surface area (Å²) in [5.41, 5.74) is 1.34. The molecule has 0 N–H and O–H groups in total. The molecule has 0 atom stereocenters. The molecule has 0 radical (unpaired) electrons. The lowest BCUT2D eigenvalue weighted by atomic mass is 10.3. The molecule has 1 aromatic rings. The first-order chi connectivity index (χ1) is 5.79. The normalized spacial score (nSPS) is 9.50. The average molecular weight is 180 g/mol. The fraction of sp³-hybridized carbons (Fsp3) is 0.333. The van der Waals surface area contributed by atoms with Crippen LogP contribution >= 0.6 is 11.8 Å². The monoisotopic (exact) mass is 180 g/mol. The molecular formula is C9H12N2S. The third-order valence-corrected chi connectivity index (χ3v) is 2.10. The molecule has 0 aromatic carbocycles. The number of thioether (sulfide) groups is 1. The van der Waals surface area contributed by atoms with Crippen LogP contribution in [0.15, 0.2) is 35.3 Å². The maximum Gasteiger partial charge on any atom is 0.115 e. The van der Waals surface area contributed by atoms with Gasteiger partial charge in [-0.2, -0.15) is 0 Å². The van der Waals surface area contributed by atoms with Gasteiger partial charge in [-0.3, -0.25) is 4.98 Å². The van der Waals surface area contributed by atoms with Crippen LogP contribution in [0.4, 0.5) is 0 Å².